The molecule has 3 aromatic rings. The van der Waals surface area contributed by atoms with Crippen LogP contribution in [0.2, 0.25) is 5.02 Å². The fourth-order valence-electron chi connectivity index (χ4n) is 2.72. The summed E-state index contributed by atoms with van der Waals surface area (Å²) in [5, 5.41) is 4.68. The second-order valence-corrected chi connectivity index (χ2v) is 5.93. The summed E-state index contributed by atoms with van der Waals surface area (Å²) in [5.41, 5.74) is 1.93. The summed E-state index contributed by atoms with van der Waals surface area (Å²) in [6.07, 6.45) is 2.38. The van der Waals surface area contributed by atoms with Crippen molar-refractivity contribution >= 4 is 28.4 Å². The van der Waals surface area contributed by atoms with Crippen LogP contribution < -0.4 is 10.1 Å². The number of methoxy groups -OCH3 is 1. The zero-order chi connectivity index (χ0) is 16.9. The molecular weight excluding hydrogens is 324 g/mol. The second-order valence-electron chi connectivity index (χ2n) is 5.53. The van der Waals surface area contributed by atoms with Gasteiger partial charge in [-0.1, -0.05) is 41.9 Å². The molecular formula is C19H19ClN2O2. The molecule has 1 amide bonds. The predicted molar refractivity (Wildman–Crippen MR) is 96.4 cm³/mol. The summed E-state index contributed by atoms with van der Waals surface area (Å²) in [5.74, 6) is 0.806. The van der Waals surface area contributed by atoms with Crippen LogP contribution in [0.4, 0.5) is 0 Å². The van der Waals surface area contributed by atoms with E-state index in [9.17, 15) is 4.79 Å². The summed E-state index contributed by atoms with van der Waals surface area (Å²) in [6, 6.07) is 15.5. The van der Waals surface area contributed by atoms with Gasteiger partial charge in [0.1, 0.15) is 5.75 Å². The molecule has 1 N–H and O–H groups in total. The number of nitrogens with zero attached hydrogens (tertiary/aromatic N) is 1. The summed E-state index contributed by atoms with van der Waals surface area (Å²) in [4.78, 5) is 12.1. The van der Waals surface area contributed by atoms with E-state index in [2.05, 4.69) is 5.32 Å². The molecule has 0 bridgehead atoms. The van der Waals surface area contributed by atoms with E-state index < -0.39 is 0 Å². The maximum absolute atomic E-state index is 12.1. The Kier molecular flexibility index (Phi) is 5.06. The van der Waals surface area contributed by atoms with Crippen LogP contribution in [0.15, 0.2) is 54.7 Å². The summed E-state index contributed by atoms with van der Waals surface area (Å²) < 4.78 is 7.46. The number of carbonyl (C=O) groups excluding carboxylic acids is 1. The van der Waals surface area contributed by atoms with Crippen molar-refractivity contribution in [2.45, 2.75) is 19.5 Å². The number of ether oxygens (including phenoxy) is 1. The number of aryl methyl sites for hydroxylation is 1. The first-order chi connectivity index (χ1) is 11.7. The Labute approximate surface area is 146 Å². The highest BCUT2D eigenvalue weighted by Gasteiger charge is 2.09. The molecule has 0 aliphatic heterocycles. The number of halogens is 1. The van der Waals surface area contributed by atoms with Gasteiger partial charge in [0.15, 0.2) is 0 Å². The van der Waals surface area contributed by atoms with E-state index in [-0.39, 0.29) is 5.91 Å². The molecule has 4 nitrogen and oxygen atoms in total. The molecule has 1 aromatic heterocycles. The monoisotopic (exact) mass is 342 g/mol. The molecule has 5 heteroatoms. The van der Waals surface area contributed by atoms with E-state index >= 15 is 0 Å². The highest BCUT2D eigenvalue weighted by molar-refractivity contribution is 6.31. The first-order valence-corrected chi connectivity index (χ1v) is 8.19. The van der Waals surface area contributed by atoms with E-state index in [0.717, 1.165) is 22.2 Å². The van der Waals surface area contributed by atoms with Crippen LogP contribution in [0.1, 0.15) is 12.0 Å². The molecule has 0 aliphatic rings. The van der Waals surface area contributed by atoms with Crippen molar-refractivity contribution in [2.24, 2.45) is 0 Å². The van der Waals surface area contributed by atoms with Gasteiger partial charge in [-0.3, -0.25) is 4.79 Å². The Balaban J connectivity index is 1.62. The van der Waals surface area contributed by atoms with Crippen molar-refractivity contribution in [3.05, 3.63) is 65.3 Å². The van der Waals surface area contributed by atoms with Crippen LogP contribution in [-0.4, -0.2) is 17.6 Å². The van der Waals surface area contributed by atoms with Gasteiger partial charge in [-0.05, 0) is 23.8 Å². The molecule has 0 radical (unpaired) electrons. The molecule has 1 heterocycles. The van der Waals surface area contributed by atoms with Gasteiger partial charge in [0.05, 0.1) is 12.6 Å². The number of benzene rings is 2. The highest BCUT2D eigenvalue weighted by Crippen LogP contribution is 2.26. The number of fused-ring (bicyclic) bond motifs is 1. The highest BCUT2D eigenvalue weighted by atomic mass is 35.5. The number of para-hydroxylation sites is 1. The third kappa shape index (κ3) is 3.54. The number of carbonyl (C=O) groups is 1. The molecule has 0 aliphatic carbocycles. The van der Waals surface area contributed by atoms with Crippen LogP contribution in [-0.2, 0) is 17.9 Å². The maximum Gasteiger partial charge on any atom is 0.222 e. The average Bonchev–Trinajstić information content (AvgIpc) is 3.02. The van der Waals surface area contributed by atoms with E-state index in [1.807, 2.05) is 59.3 Å². The van der Waals surface area contributed by atoms with Crippen molar-refractivity contribution < 1.29 is 9.53 Å². The molecule has 0 spiro atoms. The second kappa shape index (κ2) is 7.41. The minimum Gasteiger partial charge on any atom is -0.495 e. The van der Waals surface area contributed by atoms with E-state index in [1.54, 1.807) is 7.11 Å². The average molecular weight is 343 g/mol. The number of hydrogen-bond acceptors (Lipinski definition) is 2. The first kappa shape index (κ1) is 16.4. The minimum atomic E-state index is -0.00772. The fourth-order valence-corrected chi connectivity index (χ4v) is 2.93. The van der Waals surface area contributed by atoms with Crippen molar-refractivity contribution in [3.8, 4) is 5.75 Å². The Morgan fingerprint density at radius 3 is 2.79 bits per heavy atom. The van der Waals surface area contributed by atoms with Crippen LogP contribution in [0, 0.1) is 0 Å². The Morgan fingerprint density at radius 1 is 1.17 bits per heavy atom. The van der Waals surface area contributed by atoms with E-state index in [0.29, 0.717) is 24.5 Å². The van der Waals surface area contributed by atoms with Crippen LogP contribution >= 0.6 is 11.6 Å². The smallest absolute Gasteiger partial charge is 0.222 e. The third-order valence-electron chi connectivity index (χ3n) is 3.98. The van der Waals surface area contributed by atoms with E-state index in [4.69, 9.17) is 16.3 Å². The van der Waals surface area contributed by atoms with Gasteiger partial charge >= 0.3 is 0 Å². The van der Waals surface area contributed by atoms with Gasteiger partial charge in [0.25, 0.3) is 0 Å². The van der Waals surface area contributed by atoms with Gasteiger partial charge in [-0.2, -0.15) is 0 Å². The van der Waals surface area contributed by atoms with Gasteiger partial charge in [0.2, 0.25) is 5.91 Å². The molecule has 0 saturated heterocycles. The predicted octanol–water partition coefficient (Wildman–Crippen LogP) is 4.01. The zero-order valence-corrected chi connectivity index (χ0v) is 14.2. The molecule has 0 atom stereocenters. The summed E-state index contributed by atoms with van der Waals surface area (Å²) >= 11 is 6.10. The topological polar surface area (TPSA) is 43.3 Å². The Morgan fingerprint density at radius 2 is 2.00 bits per heavy atom. The molecule has 24 heavy (non-hydrogen) atoms. The summed E-state index contributed by atoms with van der Waals surface area (Å²) in [6.45, 7) is 1.03. The van der Waals surface area contributed by atoms with Crippen LogP contribution in [0.3, 0.4) is 0 Å². The standard InChI is InChI=1S/C19H19ClN2O2/c1-24-17-8-4-6-14-9-11-22(19(14)17)12-10-18(23)21-13-15-5-2-3-7-16(15)20/h2-9,11H,10,12-13H2,1H3,(H,21,23). The largest absolute Gasteiger partial charge is 0.495 e. The van der Waals surface area contributed by atoms with Crippen molar-refractivity contribution in [2.75, 3.05) is 7.11 Å². The number of amides is 1. The maximum atomic E-state index is 12.1. The molecule has 0 fully saturated rings. The molecule has 0 saturated carbocycles. The molecule has 0 unspecified atom stereocenters. The number of hydrogen-bond donors (Lipinski definition) is 1. The lowest BCUT2D eigenvalue weighted by Crippen LogP contribution is -2.24. The van der Waals surface area contributed by atoms with Crippen LogP contribution in [0.5, 0.6) is 5.75 Å². The lowest BCUT2D eigenvalue weighted by molar-refractivity contribution is -0.121. The molecule has 124 valence electrons. The number of nitrogens with one attached hydrogen (secondary N) is 1. The van der Waals surface area contributed by atoms with Crippen molar-refractivity contribution in [1.82, 2.24) is 9.88 Å². The summed E-state index contributed by atoms with van der Waals surface area (Å²) in [7, 11) is 1.66. The number of rotatable bonds is 6. The quantitative estimate of drug-likeness (QED) is 0.735. The Bertz CT molecular complexity index is 857. The fraction of sp³-hybridized carbons (Fsp3) is 0.211. The SMILES string of the molecule is COc1cccc2ccn(CCC(=O)NCc3ccccc3Cl)c12. The van der Waals surface area contributed by atoms with Gasteiger partial charge in [0, 0.05) is 36.1 Å². The normalized spacial score (nSPS) is 10.8. The zero-order valence-electron chi connectivity index (χ0n) is 13.5. The van der Waals surface area contributed by atoms with E-state index in [1.165, 1.54) is 0 Å². The van der Waals surface area contributed by atoms with Gasteiger partial charge < -0.3 is 14.6 Å². The Hall–Kier alpha value is -2.46. The van der Waals surface area contributed by atoms with Crippen LogP contribution in [0.25, 0.3) is 10.9 Å². The third-order valence-corrected chi connectivity index (χ3v) is 4.35. The lowest BCUT2D eigenvalue weighted by atomic mass is 10.2. The van der Waals surface area contributed by atoms with Crippen molar-refractivity contribution in [1.29, 1.82) is 0 Å². The molecule has 2 aromatic carbocycles. The van der Waals surface area contributed by atoms with Gasteiger partial charge in [-0.15, -0.1) is 0 Å². The number of aromatic nitrogens is 1. The lowest BCUT2D eigenvalue weighted by Gasteiger charge is -2.10. The first-order valence-electron chi connectivity index (χ1n) is 7.81. The van der Waals surface area contributed by atoms with Gasteiger partial charge in [-0.25, -0.2) is 0 Å². The van der Waals surface area contributed by atoms with Crippen molar-refractivity contribution in [3.63, 3.8) is 0 Å². The minimum absolute atomic E-state index is 0.00772. The molecule has 3 rings (SSSR count).